The molecular formula is C16H16ClF3N2S. The Morgan fingerprint density at radius 3 is 2.52 bits per heavy atom. The summed E-state index contributed by atoms with van der Waals surface area (Å²) in [7, 11) is 0. The lowest BCUT2D eigenvalue weighted by Gasteiger charge is -2.35. The fourth-order valence-corrected chi connectivity index (χ4v) is 3.98. The molecule has 23 heavy (non-hydrogen) atoms. The molecule has 3 rings (SSSR count). The average Bonchev–Trinajstić information content (AvgIpc) is 3.03. The highest BCUT2D eigenvalue weighted by molar-refractivity contribution is 7.10. The van der Waals surface area contributed by atoms with Crippen molar-refractivity contribution in [1.29, 1.82) is 0 Å². The van der Waals surface area contributed by atoms with Crippen LogP contribution in [0.1, 0.15) is 22.0 Å². The summed E-state index contributed by atoms with van der Waals surface area (Å²) in [4.78, 5) is 3.26. The number of hydrogen-bond acceptors (Lipinski definition) is 3. The fourth-order valence-electron chi connectivity index (χ4n) is 2.87. The zero-order valence-electron chi connectivity index (χ0n) is 12.2. The van der Waals surface area contributed by atoms with Crippen molar-refractivity contribution in [2.24, 2.45) is 0 Å². The number of nitrogens with one attached hydrogen (secondary N) is 1. The molecule has 1 aliphatic heterocycles. The van der Waals surface area contributed by atoms with E-state index in [-0.39, 0.29) is 11.1 Å². The van der Waals surface area contributed by atoms with Crippen LogP contribution in [0, 0.1) is 0 Å². The van der Waals surface area contributed by atoms with Crippen LogP contribution in [0.15, 0.2) is 35.7 Å². The molecule has 7 heteroatoms. The molecule has 0 bridgehead atoms. The quantitative estimate of drug-likeness (QED) is 0.872. The Labute approximate surface area is 141 Å². The number of piperazine rings is 1. The van der Waals surface area contributed by atoms with Crippen LogP contribution in [-0.4, -0.2) is 31.1 Å². The van der Waals surface area contributed by atoms with Gasteiger partial charge in [-0.1, -0.05) is 23.7 Å². The molecule has 1 aromatic heterocycles. The molecule has 2 aromatic rings. The Bertz CT molecular complexity index is 652. The van der Waals surface area contributed by atoms with Gasteiger partial charge in [-0.25, -0.2) is 0 Å². The molecule has 0 saturated carbocycles. The normalized spacial score (nSPS) is 18.1. The number of hydrogen-bond donors (Lipinski definition) is 1. The summed E-state index contributed by atoms with van der Waals surface area (Å²) < 4.78 is 39.5. The highest BCUT2D eigenvalue weighted by atomic mass is 35.5. The lowest BCUT2D eigenvalue weighted by molar-refractivity contribution is -0.137. The first kappa shape index (κ1) is 16.8. The Hall–Kier alpha value is -1.08. The molecule has 0 spiro atoms. The average molecular weight is 361 g/mol. The van der Waals surface area contributed by atoms with Gasteiger partial charge >= 0.3 is 6.18 Å². The van der Waals surface area contributed by atoms with Crippen LogP contribution in [0.3, 0.4) is 0 Å². The maximum Gasteiger partial charge on any atom is 0.417 e. The standard InChI is InChI=1S/C16H16ClF3N2S/c17-13-4-3-11(10-12(13)16(18,19)20)15(14-2-1-9-23-14)22-7-5-21-6-8-22/h1-4,9-10,15,21H,5-8H2/t15-/m0/s1. The number of alkyl halides is 3. The van der Waals surface area contributed by atoms with E-state index in [0.717, 1.165) is 31.1 Å². The smallest absolute Gasteiger partial charge is 0.314 e. The van der Waals surface area contributed by atoms with Gasteiger partial charge in [0.2, 0.25) is 0 Å². The van der Waals surface area contributed by atoms with E-state index in [2.05, 4.69) is 10.2 Å². The summed E-state index contributed by atoms with van der Waals surface area (Å²) in [6, 6.07) is 7.96. The van der Waals surface area contributed by atoms with Gasteiger partial charge in [0.05, 0.1) is 16.6 Å². The van der Waals surface area contributed by atoms with E-state index in [0.29, 0.717) is 5.56 Å². The zero-order chi connectivity index (χ0) is 16.4. The Kier molecular flexibility index (Phi) is 4.96. The summed E-state index contributed by atoms with van der Waals surface area (Å²) in [5.41, 5.74) is -0.139. The van der Waals surface area contributed by atoms with E-state index in [1.807, 2.05) is 17.5 Å². The van der Waals surface area contributed by atoms with E-state index in [9.17, 15) is 13.2 Å². The minimum absolute atomic E-state index is 0.171. The molecule has 0 radical (unpaired) electrons. The highest BCUT2D eigenvalue weighted by Crippen LogP contribution is 2.39. The van der Waals surface area contributed by atoms with Gasteiger partial charge in [0, 0.05) is 31.1 Å². The molecule has 0 aliphatic carbocycles. The second kappa shape index (κ2) is 6.81. The summed E-state index contributed by atoms with van der Waals surface area (Å²) in [5.74, 6) is 0. The number of benzene rings is 1. The maximum absolute atomic E-state index is 13.2. The first-order valence-corrected chi connectivity index (χ1v) is 8.57. The molecule has 1 saturated heterocycles. The number of halogens is 4. The van der Waals surface area contributed by atoms with Gasteiger partial charge in [-0.3, -0.25) is 4.90 Å². The van der Waals surface area contributed by atoms with Gasteiger partial charge in [0.1, 0.15) is 0 Å². The van der Waals surface area contributed by atoms with Crippen molar-refractivity contribution in [3.05, 3.63) is 56.7 Å². The molecule has 2 heterocycles. The minimum atomic E-state index is -4.45. The number of nitrogens with zero attached hydrogens (tertiary/aromatic N) is 1. The van der Waals surface area contributed by atoms with Crippen LogP contribution in [0.4, 0.5) is 13.2 Å². The monoisotopic (exact) mass is 360 g/mol. The lowest BCUT2D eigenvalue weighted by Crippen LogP contribution is -2.45. The molecule has 1 aliphatic rings. The summed E-state index contributed by atoms with van der Waals surface area (Å²) >= 11 is 7.32. The third-order valence-corrected chi connectivity index (χ3v) is 5.20. The topological polar surface area (TPSA) is 15.3 Å². The van der Waals surface area contributed by atoms with Crippen LogP contribution in [0.25, 0.3) is 0 Å². The second-order valence-electron chi connectivity index (χ2n) is 5.44. The molecule has 1 fully saturated rings. The Morgan fingerprint density at radius 2 is 1.91 bits per heavy atom. The largest absolute Gasteiger partial charge is 0.417 e. The molecule has 1 atom stereocenters. The predicted octanol–water partition coefficient (Wildman–Crippen LogP) is 4.41. The minimum Gasteiger partial charge on any atom is -0.314 e. The van der Waals surface area contributed by atoms with Crippen molar-refractivity contribution >= 4 is 22.9 Å². The van der Waals surface area contributed by atoms with Gasteiger partial charge in [-0.2, -0.15) is 13.2 Å². The fraction of sp³-hybridized carbons (Fsp3) is 0.375. The van der Waals surface area contributed by atoms with E-state index in [1.165, 1.54) is 12.1 Å². The number of rotatable bonds is 3. The molecule has 0 unspecified atom stereocenters. The summed E-state index contributed by atoms with van der Waals surface area (Å²) in [6.45, 7) is 3.27. The van der Waals surface area contributed by atoms with Crippen LogP contribution in [0.5, 0.6) is 0 Å². The van der Waals surface area contributed by atoms with Gasteiger partial charge in [0.25, 0.3) is 0 Å². The first-order chi connectivity index (χ1) is 11.0. The number of thiophene rings is 1. The van der Waals surface area contributed by atoms with E-state index >= 15 is 0 Å². The van der Waals surface area contributed by atoms with Crippen molar-refractivity contribution < 1.29 is 13.2 Å². The van der Waals surface area contributed by atoms with E-state index in [1.54, 1.807) is 17.4 Å². The summed E-state index contributed by atoms with van der Waals surface area (Å²) in [5, 5.41) is 4.96. The van der Waals surface area contributed by atoms with Crippen molar-refractivity contribution in [1.82, 2.24) is 10.2 Å². The van der Waals surface area contributed by atoms with Crippen LogP contribution >= 0.6 is 22.9 Å². The SMILES string of the molecule is FC(F)(F)c1cc([C@@H](c2cccs2)N2CCNCC2)ccc1Cl. The zero-order valence-corrected chi connectivity index (χ0v) is 13.8. The van der Waals surface area contributed by atoms with Crippen LogP contribution in [0.2, 0.25) is 5.02 Å². The maximum atomic E-state index is 13.2. The summed E-state index contributed by atoms with van der Waals surface area (Å²) in [6.07, 6.45) is -4.45. The molecule has 124 valence electrons. The second-order valence-corrected chi connectivity index (χ2v) is 6.83. The molecule has 1 N–H and O–H groups in total. The van der Waals surface area contributed by atoms with Gasteiger partial charge in [-0.15, -0.1) is 11.3 Å². The molecular weight excluding hydrogens is 345 g/mol. The lowest BCUT2D eigenvalue weighted by atomic mass is 10.00. The van der Waals surface area contributed by atoms with Gasteiger partial charge in [0.15, 0.2) is 0 Å². The van der Waals surface area contributed by atoms with Crippen LogP contribution < -0.4 is 5.32 Å². The van der Waals surface area contributed by atoms with Gasteiger partial charge < -0.3 is 5.32 Å². The molecule has 0 amide bonds. The third-order valence-electron chi connectivity index (χ3n) is 3.94. The highest BCUT2D eigenvalue weighted by Gasteiger charge is 2.35. The van der Waals surface area contributed by atoms with E-state index < -0.39 is 11.7 Å². The van der Waals surface area contributed by atoms with Crippen molar-refractivity contribution in [2.45, 2.75) is 12.2 Å². The Morgan fingerprint density at radius 1 is 1.17 bits per heavy atom. The third kappa shape index (κ3) is 3.71. The predicted molar refractivity (Wildman–Crippen MR) is 87.1 cm³/mol. The van der Waals surface area contributed by atoms with E-state index in [4.69, 9.17) is 11.6 Å². The van der Waals surface area contributed by atoms with Crippen LogP contribution in [-0.2, 0) is 6.18 Å². The van der Waals surface area contributed by atoms with Crippen molar-refractivity contribution in [3.8, 4) is 0 Å². The molecule has 2 nitrogen and oxygen atoms in total. The Balaban J connectivity index is 2.03. The first-order valence-electron chi connectivity index (χ1n) is 7.31. The molecule has 1 aromatic carbocycles. The van der Waals surface area contributed by atoms with Gasteiger partial charge in [-0.05, 0) is 29.1 Å². The van der Waals surface area contributed by atoms with Crippen molar-refractivity contribution in [3.63, 3.8) is 0 Å². The van der Waals surface area contributed by atoms with Crippen molar-refractivity contribution in [2.75, 3.05) is 26.2 Å².